The first-order valence-electron chi connectivity index (χ1n) is 8.68. The van der Waals surface area contributed by atoms with Gasteiger partial charge in [-0.15, -0.1) is 0 Å². The number of hydrogen-bond donors (Lipinski definition) is 1. The van der Waals surface area contributed by atoms with E-state index in [2.05, 4.69) is 26.0 Å². The molecule has 0 saturated carbocycles. The third kappa shape index (κ3) is 3.76. The Hall–Kier alpha value is -2.56. The van der Waals surface area contributed by atoms with E-state index in [0.717, 1.165) is 5.56 Å². The van der Waals surface area contributed by atoms with Crippen molar-refractivity contribution in [3.8, 4) is 11.3 Å². The Labute approximate surface area is 147 Å². The summed E-state index contributed by atoms with van der Waals surface area (Å²) in [7, 11) is 0. The zero-order valence-corrected chi connectivity index (χ0v) is 14.6. The zero-order chi connectivity index (χ0) is 18.0. The number of benzene rings is 1. The SMILES string of the molecule is CC(C)c1cccc(-c2ccc(C(=O)N3CCCC(C(=O)O)C3)o2)c1. The highest BCUT2D eigenvalue weighted by Gasteiger charge is 2.29. The molecule has 0 spiro atoms. The lowest BCUT2D eigenvalue weighted by Gasteiger charge is -2.29. The highest BCUT2D eigenvalue weighted by atomic mass is 16.4. The molecule has 0 radical (unpaired) electrons. The smallest absolute Gasteiger partial charge is 0.308 e. The highest BCUT2D eigenvalue weighted by Crippen LogP contribution is 2.27. The predicted octanol–water partition coefficient (Wildman–Crippen LogP) is 4.01. The molecule has 1 aromatic carbocycles. The number of nitrogens with zero attached hydrogens (tertiary/aromatic N) is 1. The maximum atomic E-state index is 12.6. The number of furan rings is 1. The van der Waals surface area contributed by atoms with Gasteiger partial charge < -0.3 is 14.4 Å². The fraction of sp³-hybridized carbons (Fsp3) is 0.400. The molecule has 2 heterocycles. The van der Waals surface area contributed by atoms with E-state index in [1.807, 2.05) is 12.1 Å². The molecule has 3 rings (SSSR count). The number of likely N-dealkylation sites (tertiary alicyclic amines) is 1. The Morgan fingerprint density at radius 3 is 2.76 bits per heavy atom. The molecule has 2 aromatic rings. The predicted molar refractivity (Wildman–Crippen MR) is 94.5 cm³/mol. The average molecular weight is 341 g/mol. The van der Waals surface area contributed by atoms with Gasteiger partial charge in [-0.3, -0.25) is 9.59 Å². The first-order valence-corrected chi connectivity index (χ1v) is 8.68. The van der Waals surface area contributed by atoms with E-state index >= 15 is 0 Å². The summed E-state index contributed by atoms with van der Waals surface area (Å²) < 4.78 is 5.78. The Morgan fingerprint density at radius 1 is 1.24 bits per heavy atom. The summed E-state index contributed by atoms with van der Waals surface area (Å²) in [5.41, 5.74) is 2.15. The van der Waals surface area contributed by atoms with Gasteiger partial charge in [0.2, 0.25) is 0 Å². The van der Waals surface area contributed by atoms with E-state index in [1.165, 1.54) is 5.56 Å². The monoisotopic (exact) mass is 341 g/mol. The van der Waals surface area contributed by atoms with Crippen molar-refractivity contribution in [2.24, 2.45) is 5.92 Å². The van der Waals surface area contributed by atoms with Crippen LogP contribution in [0, 0.1) is 5.92 Å². The first kappa shape index (κ1) is 17.3. The Bertz CT molecular complexity index is 778. The van der Waals surface area contributed by atoms with Gasteiger partial charge in [-0.05, 0) is 42.5 Å². The molecule has 25 heavy (non-hydrogen) atoms. The lowest BCUT2D eigenvalue weighted by atomic mass is 9.98. The number of carbonyl (C=O) groups is 2. The number of carbonyl (C=O) groups excluding carboxylic acids is 1. The summed E-state index contributed by atoms with van der Waals surface area (Å²) in [5.74, 6) is -0.249. The largest absolute Gasteiger partial charge is 0.481 e. The Morgan fingerprint density at radius 2 is 2.04 bits per heavy atom. The van der Waals surface area contributed by atoms with Crippen molar-refractivity contribution in [2.45, 2.75) is 32.6 Å². The van der Waals surface area contributed by atoms with Crippen LogP contribution in [0.25, 0.3) is 11.3 Å². The van der Waals surface area contributed by atoms with E-state index < -0.39 is 11.9 Å². The minimum atomic E-state index is -0.844. The van der Waals surface area contributed by atoms with Gasteiger partial charge >= 0.3 is 5.97 Å². The Kier molecular flexibility index (Phi) is 4.93. The summed E-state index contributed by atoms with van der Waals surface area (Å²) in [6.45, 7) is 5.07. The van der Waals surface area contributed by atoms with E-state index in [9.17, 15) is 14.7 Å². The number of aliphatic carboxylic acids is 1. The molecule has 1 atom stereocenters. The van der Waals surface area contributed by atoms with Crippen LogP contribution in [-0.4, -0.2) is 35.0 Å². The number of amides is 1. The lowest BCUT2D eigenvalue weighted by Crippen LogP contribution is -2.42. The van der Waals surface area contributed by atoms with Crippen molar-refractivity contribution in [1.29, 1.82) is 0 Å². The summed E-state index contributed by atoms with van der Waals surface area (Å²) in [4.78, 5) is 25.4. The van der Waals surface area contributed by atoms with Crippen molar-refractivity contribution < 1.29 is 19.1 Å². The second-order valence-electron chi connectivity index (χ2n) is 6.87. The van der Waals surface area contributed by atoms with Crippen LogP contribution in [0.4, 0.5) is 0 Å². The molecule has 5 nitrogen and oxygen atoms in total. The fourth-order valence-corrected chi connectivity index (χ4v) is 3.18. The molecule has 1 N–H and O–H groups in total. The van der Waals surface area contributed by atoms with Crippen molar-refractivity contribution >= 4 is 11.9 Å². The van der Waals surface area contributed by atoms with Gasteiger partial charge in [-0.1, -0.05) is 32.0 Å². The van der Waals surface area contributed by atoms with Crippen LogP contribution < -0.4 is 0 Å². The van der Waals surface area contributed by atoms with Gasteiger partial charge in [0, 0.05) is 18.7 Å². The Balaban J connectivity index is 1.78. The third-order valence-corrected chi connectivity index (χ3v) is 4.71. The normalized spacial score (nSPS) is 17.7. The summed E-state index contributed by atoms with van der Waals surface area (Å²) in [6, 6.07) is 11.6. The number of carboxylic acids is 1. The molecule has 132 valence electrons. The fourth-order valence-electron chi connectivity index (χ4n) is 3.18. The molecule has 5 heteroatoms. The molecule has 1 amide bonds. The van der Waals surface area contributed by atoms with E-state index in [0.29, 0.717) is 31.1 Å². The van der Waals surface area contributed by atoms with Crippen molar-refractivity contribution in [3.05, 3.63) is 47.7 Å². The van der Waals surface area contributed by atoms with Crippen LogP contribution in [0.3, 0.4) is 0 Å². The van der Waals surface area contributed by atoms with Gasteiger partial charge in [0.15, 0.2) is 5.76 Å². The van der Waals surface area contributed by atoms with Crippen LogP contribution in [-0.2, 0) is 4.79 Å². The lowest BCUT2D eigenvalue weighted by molar-refractivity contribution is -0.143. The van der Waals surface area contributed by atoms with Crippen LogP contribution >= 0.6 is 0 Å². The van der Waals surface area contributed by atoms with Gasteiger partial charge in [-0.25, -0.2) is 0 Å². The molecule has 1 aliphatic heterocycles. The number of hydrogen-bond acceptors (Lipinski definition) is 3. The average Bonchev–Trinajstić information content (AvgIpc) is 3.11. The maximum absolute atomic E-state index is 12.6. The minimum Gasteiger partial charge on any atom is -0.481 e. The van der Waals surface area contributed by atoms with Gasteiger partial charge in [0.1, 0.15) is 5.76 Å². The van der Waals surface area contributed by atoms with Crippen molar-refractivity contribution in [1.82, 2.24) is 4.90 Å². The second-order valence-corrected chi connectivity index (χ2v) is 6.87. The van der Waals surface area contributed by atoms with Crippen LogP contribution in [0.5, 0.6) is 0 Å². The van der Waals surface area contributed by atoms with Crippen LogP contribution in [0.2, 0.25) is 0 Å². The standard InChI is InChI=1S/C20H23NO4/c1-13(2)14-5-3-6-15(11-14)17-8-9-18(25-17)19(22)21-10-4-7-16(12-21)20(23)24/h3,5-6,8-9,11,13,16H,4,7,10,12H2,1-2H3,(H,23,24). The van der Waals surface area contributed by atoms with Gasteiger partial charge in [0.25, 0.3) is 5.91 Å². The summed E-state index contributed by atoms with van der Waals surface area (Å²) >= 11 is 0. The molecule has 0 bridgehead atoms. The zero-order valence-electron chi connectivity index (χ0n) is 14.6. The van der Waals surface area contributed by atoms with Crippen molar-refractivity contribution in [2.75, 3.05) is 13.1 Å². The molecule has 1 aromatic heterocycles. The molecular weight excluding hydrogens is 318 g/mol. The molecule has 1 fully saturated rings. The maximum Gasteiger partial charge on any atom is 0.308 e. The minimum absolute atomic E-state index is 0.239. The van der Waals surface area contributed by atoms with E-state index in [-0.39, 0.29) is 18.2 Å². The summed E-state index contributed by atoms with van der Waals surface area (Å²) in [6.07, 6.45) is 1.32. The molecule has 1 unspecified atom stereocenters. The highest BCUT2D eigenvalue weighted by molar-refractivity contribution is 5.92. The van der Waals surface area contributed by atoms with E-state index in [4.69, 9.17) is 4.42 Å². The van der Waals surface area contributed by atoms with Crippen LogP contribution in [0.1, 0.15) is 48.7 Å². The number of piperidine rings is 1. The molecule has 1 aliphatic rings. The van der Waals surface area contributed by atoms with Crippen molar-refractivity contribution in [3.63, 3.8) is 0 Å². The van der Waals surface area contributed by atoms with Crippen LogP contribution in [0.15, 0.2) is 40.8 Å². The first-order chi connectivity index (χ1) is 12.0. The number of rotatable bonds is 4. The number of carboxylic acid groups (broad SMARTS) is 1. The van der Waals surface area contributed by atoms with Gasteiger partial charge in [0.05, 0.1) is 5.92 Å². The van der Waals surface area contributed by atoms with Gasteiger partial charge in [-0.2, -0.15) is 0 Å². The molecule has 0 aliphatic carbocycles. The molecular formula is C20H23NO4. The third-order valence-electron chi connectivity index (χ3n) is 4.71. The topological polar surface area (TPSA) is 70.8 Å². The quantitative estimate of drug-likeness (QED) is 0.912. The second kappa shape index (κ2) is 7.13. The summed E-state index contributed by atoms with van der Waals surface area (Å²) in [5, 5.41) is 9.17. The van der Waals surface area contributed by atoms with E-state index in [1.54, 1.807) is 17.0 Å². The molecule has 1 saturated heterocycles.